The van der Waals surface area contributed by atoms with Crippen molar-refractivity contribution in [2.24, 2.45) is 5.92 Å². The van der Waals surface area contributed by atoms with Crippen molar-refractivity contribution in [1.29, 1.82) is 0 Å². The Morgan fingerprint density at radius 3 is 2.56 bits per heavy atom. The molecule has 0 unspecified atom stereocenters. The Bertz CT molecular complexity index is 213. The standard InChI is InChI=1S/C12H24N2O2/c1-4-16-12(15)14(10(2)3)9-11-5-7-13-8-6-11/h10-11,13H,4-9H2,1-3H3. The van der Waals surface area contributed by atoms with Crippen molar-refractivity contribution in [3.8, 4) is 0 Å². The molecule has 0 spiro atoms. The van der Waals surface area contributed by atoms with Crippen LogP contribution in [0.15, 0.2) is 0 Å². The number of hydrogen-bond donors (Lipinski definition) is 1. The van der Waals surface area contributed by atoms with Crippen LogP contribution < -0.4 is 5.32 Å². The molecule has 0 radical (unpaired) electrons. The van der Waals surface area contributed by atoms with Gasteiger partial charge in [-0.25, -0.2) is 4.79 Å². The Hall–Kier alpha value is -0.770. The zero-order valence-corrected chi connectivity index (χ0v) is 10.7. The maximum Gasteiger partial charge on any atom is 0.409 e. The van der Waals surface area contributed by atoms with Crippen LogP contribution in [0.3, 0.4) is 0 Å². The van der Waals surface area contributed by atoms with Crippen molar-refractivity contribution < 1.29 is 9.53 Å². The summed E-state index contributed by atoms with van der Waals surface area (Å²) >= 11 is 0. The summed E-state index contributed by atoms with van der Waals surface area (Å²) in [4.78, 5) is 13.6. The van der Waals surface area contributed by atoms with E-state index < -0.39 is 0 Å². The van der Waals surface area contributed by atoms with Crippen LogP contribution in [-0.2, 0) is 4.74 Å². The molecule has 0 aromatic carbocycles. The highest BCUT2D eigenvalue weighted by Gasteiger charge is 2.23. The van der Waals surface area contributed by atoms with Crippen LogP contribution in [0.4, 0.5) is 4.79 Å². The number of piperidine rings is 1. The van der Waals surface area contributed by atoms with E-state index in [1.165, 1.54) is 0 Å². The van der Waals surface area contributed by atoms with E-state index in [1.54, 1.807) is 0 Å². The van der Waals surface area contributed by atoms with Crippen molar-refractivity contribution in [1.82, 2.24) is 10.2 Å². The summed E-state index contributed by atoms with van der Waals surface area (Å²) in [6, 6.07) is 0.217. The molecule has 4 nitrogen and oxygen atoms in total. The quantitative estimate of drug-likeness (QED) is 0.798. The average molecular weight is 228 g/mol. The molecule has 0 bridgehead atoms. The molecular weight excluding hydrogens is 204 g/mol. The van der Waals surface area contributed by atoms with E-state index in [2.05, 4.69) is 5.32 Å². The topological polar surface area (TPSA) is 41.6 Å². The first-order valence-corrected chi connectivity index (χ1v) is 6.29. The Labute approximate surface area is 98.3 Å². The minimum atomic E-state index is -0.170. The molecule has 16 heavy (non-hydrogen) atoms. The van der Waals surface area contributed by atoms with Gasteiger partial charge in [0.2, 0.25) is 0 Å². The maximum atomic E-state index is 11.7. The minimum Gasteiger partial charge on any atom is -0.450 e. The summed E-state index contributed by atoms with van der Waals surface area (Å²) in [5.74, 6) is 0.619. The number of rotatable bonds is 4. The Morgan fingerprint density at radius 2 is 2.06 bits per heavy atom. The highest BCUT2D eigenvalue weighted by Crippen LogP contribution is 2.15. The second-order valence-corrected chi connectivity index (χ2v) is 4.64. The number of carbonyl (C=O) groups excluding carboxylic acids is 1. The van der Waals surface area contributed by atoms with Crippen molar-refractivity contribution in [3.63, 3.8) is 0 Å². The molecular formula is C12H24N2O2. The van der Waals surface area contributed by atoms with E-state index in [9.17, 15) is 4.79 Å². The zero-order chi connectivity index (χ0) is 12.0. The predicted molar refractivity (Wildman–Crippen MR) is 64.5 cm³/mol. The average Bonchev–Trinajstić information content (AvgIpc) is 2.27. The number of hydrogen-bond acceptors (Lipinski definition) is 3. The van der Waals surface area contributed by atoms with Crippen molar-refractivity contribution >= 4 is 6.09 Å². The molecule has 1 fully saturated rings. The second-order valence-electron chi connectivity index (χ2n) is 4.64. The molecule has 1 heterocycles. The molecule has 1 aliphatic heterocycles. The highest BCUT2D eigenvalue weighted by atomic mass is 16.6. The lowest BCUT2D eigenvalue weighted by molar-refractivity contribution is 0.0855. The van der Waals surface area contributed by atoms with Gasteiger partial charge in [0, 0.05) is 12.6 Å². The number of amides is 1. The fourth-order valence-electron chi connectivity index (χ4n) is 2.05. The van der Waals surface area contributed by atoms with Gasteiger partial charge in [-0.1, -0.05) is 0 Å². The monoisotopic (exact) mass is 228 g/mol. The lowest BCUT2D eigenvalue weighted by Crippen LogP contribution is -2.43. The predicted octanol–water partition coefficient (Wildman–Crippen LogP) is 1.85. The van der Waals surface area contributed by atoms with E-state index in [-0.39, 0.29) is 12.1 Å². The molecule has 1 N–H and O–H groups in total. The molecule has 1 saturated heterocycles. The van der Waals surface area contributed by atoms with Gasteiger partial charge in [0.25, 0.3) is 0 Å². The Kier molecular flexibility index (Phi) is 5.60. The van der Waals surface area contributed by atoms with Crippen LogP contribution in [-0.4, -0.2) is 43.3 Å². The van der Waals surface area contributed by atoms with E-state index in [0.29, 0.717) is 12.5 Å². The third-order valence-electron chi connectivity index (χ3n) is 3.04. The summed E-state index contributed by atoms with van der Waals surface area (Å²) in [5, 5.41) is 3.34. The molecule has 0 saturated carbocycles. The van der Waals surface area contributed by atoms with Crippen molar-refractivity contribution in [2.45, 2.75) is 39.7 Å². The van der Waals surface area contributed by atoms with E-state index in [4.69, 9.17) is 4.74 Å². The van der Waals surface area contributed by atoms with Crippen LogP contribution in [0.1, 0.15) is 33.6 Å². The van der Waals surface area contributed by atoms with Crippen molar-refractivity contribution in [3.05, 3.63) is 0 Å². The molecule has 0 aromatic heterocycles. The van der Waals surface area contributed by atoms with E-state index in [0.717, 1.165) is 32.5 Å². The molecule has 1 rings (SSSR count). The van der Waals surface area contributed by atoms with Crippen LogP contribution in [0.2, 0.25) is 0 Å². The van der Waals surface area contributed by atoms with Gasteiger partial charge in [0.15, 0.2) is 0 Å². The Morgan fingerprint density at radius 1 is 1.44 bits per heavy atom. The molecule has 4 heteroatoms. The smallest absolute Gasteiger partial charge is 0.409 e. The lowest BCUT2D eigenvalue weighted by Gasteiger charge is -2.32. The van der Waals surface area contributed by atoms with Gasteiger partial charge in [-0.15, -0.1) is 0 Å². The number of ether oxygens (including phenoxy) is 1. The third-order valence-corrected chi connectivity index (χ3v) is 3.04. The maximum absolute atomic E-state index is 11.7. The molecule has 94 valence electrons. The Balaban J connectivity index is 2.46. The van der Waals surface area contributed by atoms with Crippen LogP contribution in [0.5, 0.6) is 0 Å². The SMILES string of the molecule is CCOC(=O)N(CC1CCNCC1)C(C)C. The minimum absolute atomic E-state index is 0.170. The number of nitrogens with one attached hydrogen (secondary N) is 1. The molecule has 0 atom stereocenters. The van der Waals surface area contributed by atoms with Crippen LogP contribution >= 0.6 is 0 Å². The summed E-state index contributed by atoms with van der Waals surface area (Å²) in [5.41, 5.74) is 0. The van der Waals surface area contributed by atoms with E-state index in [1.807, 2.05) is 25.7 Å². The highest BCUT2D eigenvalue weighted by molar-refractivity contribution is 5.67. The van der Waals surface area contributed by atoms with Crippen LogP contribution in [0.25, 0.3) is 0 Å². The largest absolute Gasteiger partial charge is 0.450 e. The van der Waals surface area contributed by atoms with Gasteiger partial charge in [0.1, 0.15) is 0 Å². The fourth-order valence-corrected chi connectivity index (χ4v) is 2.05. The van der Waals surface area contributed by atoms with Gasteiger partial charge in [-0.2, -0.15) is 0 Å². The second kappa shape index (κ2) is 6.74. The third kappa shape index (κ3) is 4.00. The van der Waals surface area contributed by atoms with Gasteiger partial charge in [-0.05, 0) is 52.6 Å². The van der Waals surface area contributed by atoms with Gasteiger partial charge in [-0.3, -0.25) is 0 Å². The molecule has 0 aromatic rings. The number of carbonyl (C=O) groups is 1. The van der Waals surface area contributed by atoms with Crippen LogP contribution in [0, 0.1) is 5.92 Å². The normalized spacial score (nSPS) is 17.5. The van der Waals surface area contributed by atoms with Gasteiger partial charge >= 0.3 is 6.09 Å². The molecule has 1 amide bonds. The first kappa shape index (κ1) is 13.3. The summed E-state index contributed by atoms with van der Waals surface area (Å²) in [6.07, 6.45) is 2.14. The lowest BCUT2D eigenvalue weighted by atomic mass is 9.97. The summed E-state index contributed by atoms with van der Waals surface area (Å²) in [6.45, 7) is 9.35. The molecule has 1 aliphatic rings. The summed E-state index contributed by atoms with van der Waals surface area (Å²) < 4.78 is 5.08. The number of nitrogens with zero attached hydrogens (tertiary/aromatic N) is 1. The van der Waals surface area contributed by atoms with Crippen molar-refractivity contribution in [2.75, 3.05) is 26.2 Å². The summed E-state index contributed by atoms with van der Waals surface area (Å²) in [7, 11) is 0. The van der Waals surface area contributed by atoms with E-state index >= 15 is 0 Å². The van der Waals surface area contributed by atoms with Gasteiger partial charge < -0.3 is 15.0 Å². The first-order chi connectivity index (χ1) is 7.65. The van der Waals surface area contributed by atoms with Gasteiger partial charge in [0.05, 0.1) is 6.61 Å². The molecule has 0 aliphatic carbocycles. The fraction of sp³-hybridized carbons (Fsp3) is 0.917. The zero-order valence-electron chi connectivity index (χ0n) is 10.7. The first-order valence-electron chi connectivity index (χ1n) is 6.29.